The molecule has 1 heterocycles. The van der Waals surface area contributed by atoms with E-state index < -0.39 is 0 Å². The third-order valence-corrected chi connectivity index (χ3v) is 6.34. The Morgan fingerprint density at radius 1 is 1.27 bits per heavy atom. The molecule has 0 saturated carbocycles. The smallest absolute Gasteiger partial charge is 0.237 e. The lowest BCUT2D eigenvalue weighted by molar-refractivity contribution is -0.115. The van der Waals surface area contributed by atoms with Crippen molar-refractivity contribution in [3.8, 4) is 5.69 Å². The quantitative estimate of drug-likeness (QED) is 0.384. The van der Waals surface area contributed by atoms with Gasteiger partial charge in [0.15, 0.2) is 8.29 Å². The highest BCUT2D eigenvalue weighted by molar-refractivity contribution is 8.02. The summed E-state index contributed by atoms with van der Waals surface area (Å²) >= 11 is 20.1. The van der Waals surface area contributed by atoms with Crippen LogP contribution in [0.1, 0.15) is 6.92 Å². The Kier molecular flexibility index (Phi) is 6.37. The zero-order chi connectivity index (χ0) is 18.7. The molecule has 26 heavy (non-hydrogen) atoms. The van der Waals surface area contributed by atoms with Gasteiger partial charge in [0, 0.05) is 5.02 Å². The Labute approximate surface area is 174 Å². The molecule has 1 unspecified atom stereocenters. The second kappa shape index (κ2) is 8.54. The number of halogens is 2. The second-order valence-electron chi connectivity index (χ2n) is 5.25. The van der Waals surface area contributed by atoms with Gasteiger partial charge in [-0.1, -0.05) is 64.5 Å². The van der Waals surface area contributed by atoms with E-state index >= 15 is 0 Å². The van der Waals surface area contributed by atoms with Crippen LogP contribution in [0.4, 0.5) is 5.69 Å². The maximum Gasteiger partial charge on any atom is 0.237 e. The zero-order valence-electron chi connectivity index (χ0n) is 13.5. The van der Waals surface area contributed by atoms with Crippen LogP contribution in [0.3, 0.4) is 0 Å². The first-order chi connectivity index (χ1) is 12.4. The molecule has 2 aromatic carbocycles. The van der Waals surface area contributed by atoms with Gasteiger partial charge in [-0.25, -0.2) is 4.68 Å². The average Bonchev–Trinajstić information content (AvgIpc) is 2.99. The number of benzene rings is 2. The number of nitrogens with one attached hydrogen (secondary N) is 1. The van der Waals surface area contributed by atoms with Crippen LogP contribution in [-0.2, 0) is 4.79 Å². The molecule has 4 nitrogen and oxygen atoms in total. The molecule has 0 aliphatic heterocycles. The SMILES string of the molecule is CC(Sc1nn(-c2ccccc2)c(=S)s1)C(=O)Nc1cc(Cl)ccc1Cl. The summed E-state index contributed by atoms with van der Waals surface area (Å²) in [7, 11) is 0. The monoisotopic (exact) mass is 441 g/mol. The van der Waals surface area contributed by atoms with Gasteiger partial charge in [-0.3, -0.25) is 4.79 Å². The predicted octanol–water partition coefficient (Wildman–Crippen LogP) is 6.09. The normalized spacial score (nSPS) is 12.0. The minimum absolute atomic E-state index is 0.188. The molecule has 134 valence electrons. The number of carbonyl (C=O) groups is 1. The number of thioether (sulfide) groups is 1. The van der Waals surface area contributed by atoms with E-state index in [9.17, 15) is 4.79 Å². The van der Waals surface area contributed by atoms with E-state index in [0.717, 1.165) is 10.0 Å². The highest BCUT2D eigenvalue weighted by Crippen LogP contribution is 2.30. The molecule has 0 fully saturated rings. The van der Waals surface area contributed by atoms with Gasteiger partial charge >= 0.3 is 0 Å². The Bertz CT molecular complexity index is 988. The maximum atomic E-state index is 12.5. The molecular weight excluding hydrogens is 429 g/mol. The molecule has 0 radical (unpaired) electrons. The van der Waals surface area contributed by atoms with Gasteiger partial charge in [0.25, 0.3) is 0 Å². The number of nitrogens with zero attached hydrogens (tertiary/aromatic N) is 2. The number of carbonyl (C=O) groups excluding carboxylic acids is 1. The molecule has 0 saturated heterocycles. The first kappa shape index (κ1) is 19.4. The molecule has 0 aliphatic carbocycles. The average molecular weight is 442 g/mol. The summed E-state index contributed by atoms with van der Waals surface area (Å²) in [4.78, 5) is 12.5. The fourth-order valence-corrected chi connectivity index (χ4v) is 4.92. The van der Waals surface area contributed by atoms with Crippen molar-refractivity contribution in [2.45, 2.75) is 16.5 Å². The third-order valence-electron chi connectivity index (χ3n) is 3.36. The van der Waals surface area contributed by atoms with Crippen molar-refractivity contribution in [3.63, 3.8) is 0 Å². The summed E-state index contributed by atoms with van der Waals surface area (Å²) < 4.78 is 3.05. The van der Waals surface area contributed by atoms with E-state index in [1.54, 1.807) is 29.8 Å². The zero-order valence-corrected chi connectivity index (χ0v) is 17.4. The van der Waals surface area contributed by atoms with Gasteiger partial charge in [-0.05, 0) is 49.5 Å². The standard InChI is InChI=1S/C17H13Cl2N3OS3/c1-10(15(23)20-14-9-11(18)7-8-13(14)19)25-16-21-22(17(24)26-16)12-5-3-2-4-6-12/h2-10H,1H3,(H,20,23). The number of rotatable bonds is 5. The van der Waals surface area contributed by atoms with Crippen molar-refractivity contribution in [2.24, 2.45) is 0 Å². The molecule has 1 amide bonds. The fraction of sp³-hybridized carbons (Fsp3) is 0.118. The summed E-state index contributed by atoms with van der Waals surface area (Å²) in [5, 5.41) is 7.86. The van der Waals surface area contributed by atoms with Crippen LogP contribution in [0.25, 0.3) is 5.69 Å². The van der Waals surface area contributed by atoms with E-state index in [1.807, 2.05) is 30.3 Å². The van der Waals surface area contributed by atoms with Crippen molar-refractivity contribution in [1.82, 2.24) is 9.78 Å². The number of amides is 1. The van der Waals surface area contributed by atoms with Crippen LogP contribution in [0.2, 0.25) is 10.0 Å². The molecule has 1 aromatic heterocycles. The number of hydrogen-bond donors (Lipinski definition) is 1. The lowest BCUT2D eigenvalue weighted by Gasteiger charge is -2.11. The number of para-hydroxylation sites is 1. The lowest BCUT2D eigenvalue weighted by atomic mass is 10.3. The molecule has 3 rings (SSSR count). The van der Waals surface area contributed by atoms with Gasteiger partial charge < -0.3 is 5.32 Å². The summed E-state index contributed by atoms with van der Waals surface area (Å²) in [6, 6.07) is 14.6. The molecule has 0 spiro atoms. The molecule has 1 N–H and O–H groups in total. The van der Waals surface area contributed by atoms with Crippen molar-refractivity contribution in [3.05, 3.63) is 62.5 Å². The Morgan fingerprint density at radius 3 is 2.73 bits per heavy atom. The molecule has 9 heteroatoms. The largest absolute Gasteiger partial charge is 0.324 e. The summed E-state index contributed by atoms with van der Waals surface area (Å²) in [6.45, 7) is 1.80. The number of hydrogen-bond acceptors (Lipinski definition) is 5. The third kappa shape index (κ3) is 4.66. The fourth-order valence-electron chi connectivity index (χ4n) is 2.07. The Morgan fingerprint density at radius 2 is 2.00 bits per heavy atom. The minimum atomic E-state index is -0.380. The van der Waals surface area contributed by atoms with Crippen molar-refractivity contribution in [2.75, 3.05) is 5.32 Å². The van der Waals surface area contributed by atoms with Crippen molar-refractivity contribution < 1.29 is 4.79 Å². The van der Waals surface area contributed by atoms with Crippen LogP contribution < -0.4 is 5.32 Å². The topological polar surface area (TPSA) is 46.9 Å². The highest BCUT2D eigenvalue weighted by atomic mass is 35.5. The highest BCUT2D eigenvalue weighted by Gasteiger charge is 2.18. The molecule has 3 aromatic rings. The Hall–Kier alpha value is -1.38. The van der Waals surface area contributed by atoms with Crippen LogP contribution in [0, 0.1) is 3.95 Å². The van der Waals surface area contributed by atoms with Crippen molar-refractivity contribution in [1.29, 1.82) is 0 Å². The van der Waals surface area contributed by atoms with E-state index in [4.69, 9.17) is 35.4 Å². The molecular formula is C17H13Cl2N3OS3. The van der Waals surface area contributed by atoms with Crippen LogP contribution in [-0.4, -0.2) is 20.9 Å². The minimum Gasteiger partial charge on any atom is -0.324 e. The first-order valence-corrected chi connectivity index (χ1v) is 10.4. The number of anilines is 1. The van der Waals surface area contributed by atoms with Gasteiger partial charge in [0.2, 0.25) is 5.91 Å². The maximum absolute atomic E-state index is 12.5. The van der Waals surface area contributed by atoms with E-state index in [0.29, 0.717) is 19.7 Å². The van der Waals surface area contributed by atoms with Crippen molar-refractivity contribution >= 4 is 70.1 Å². The van der Waals surface area contributed by atoms with E-state index in [1.165, 1.54) is 23.1 Å². The van der Waals surface area contributed by atoms with Crippen LogP contribution in [0.5, 0.6) is 0 Å². The van der Waals surface area contributed by atoms with Gasteiger partial charge in [-0.15, -0.1) is 5.10 Å². The summed E-state index contributed by atoms with van der Waals surface area (Å²) in [5.41, 5.74) is 1.38. The predicted molar refractivity (Wildman–Crippen MR) is 113 cm³/mol. The van der Waals surface area contributed by atoms with Crippen LogP contribution >= 0.6 is 58.5 Å². The Balaban J connectivity index is 1.72. The van der Waals surface area contributed by atoms with E-state index in [-0.39, 0.29) is 11.2 Å². The van der Waals surface area contributed by atoms with Gasteiger partial charge in [-0.2, -0.15) is 0 Å². The summed E-state index contributed by atoms with van der Waals surface area (Å²) in [5.74, 6) is -0.188. The number of aromatic nitrogens is 2. The molecule has 1 atom stereocenters. The molecule has 0 bridgehead atoms. The second-order valence-corrected chi connectivity index (χ2v) is 9.31. The molecule has 0 aliphatic rings. The van der Waals surface area contributed by atoms with E-state index in [2.05, 4.69) is 10.4 Å². The lowest BCUT2D eigenvalue weighted by Crippen LogP contribution is -2.22. The van der Waals surface area contributed by atoms with Crippen LogP contribution in [0.15, 0.2) is 52.9 Å². The van der Waals surface area contributed by atoms with Gasteiger partial charge in [0.05, 0.1) is 21.6 Å². The summed E-state index contributed by atoms with van der Waals surface area (Å²) in [6.07, 6.45) is 0. The first-order valence-electron chi connectivity index (χ1n) is 7.52. The van der Waals surface area contributed by atoms with Gasteiger partial charge in [0.1, 0.15) is 0 Å².